The van der Waals surface area contributed by atoms with Gasteiger partial charge in [-0.1, -0.05) is 0 Å². The average molecular weight is 195 g/mol. The summed E-state index contributed by atoms with van der Waals surface area (Å²) in [6.07, 6.45) is 2.76. The number of aromatic nitrogens is 2. The number of ether oxygens (including phenoxy) is 1. The van der Waals surface area contributed by atoms with Crippen molar-refractivity contribution in [3.63, 3.8) is 0 Å². The van der Waals surface area contributed by atoms with Gasteiger partial charge in [0.25, 0.3) is 0 Å². The van der Waals surface area contributed by atoms with E-state index in [1.54, 1.807) is 11.7 Å². The number of aryl methyl sites for hydroxylation is 1. The van der Waals surface area contributed by atoms with Crippen molar-refractivity contribution in [2.45, 2.75) is 18.4 Å². The van der Waals surface area contributed by atoms with Crippen LogP contribution in [-0.2, 0) is 11.8 Å². The Balaban J connectivity index is 2.33. The van der Waals surface area contributed by atoms with E-state index in [4.69, 9.17) is 5.73 Å². The summed E-state index contributed by atoms with van der Waals surface area (Å²) in [6, 6.07) is 0.169. The van der Waals surface area contributed by atoms with Crippen LogP contribution >= 0.6 is 0 Å². The molecule has 0 spiro atoms. The molecule has 1 aromatic heterocycles. The highest BCUT2D eigenvalue weighted by Crippen LogP contribution is 2.40. The van der Waals surface area contributed by atoms with Gasteiger partial charge in [-0.3, -0.25) is 4.68 Å². The van der Waals surface area contributed by atoms with Crippen molar-refractivity contribution in [2.24, 2.45) is 12.8 Å². The fraction of sp³-hybridized carbons (Fsp3) is 0.556. The van der Waals surface area contributed by atoms with Gasteiger partial charge >= 0.3 is 5.97 Å². The van der Waals surface area contributed by atoms with Crippen LogP contribution in [0.5, 0.6) is 0 Å². The standard InChI is InChI=1S/C9H13N3O2/c1-12-4-6(5-3-7(5)10)8(11-12)9(13)14-2/h4-5,7H,3,10H2,1-2H3. The fourth-order valence-electron chi connectivity index (χ4n) is 1.61. The second-order valence-electron chi connectivity index (χ2n) is 3.60. The first kappa shape index (κ1) is 9.21. The minimum Gasteiger partial charge on any atom is -0.464 e. The lowest BCUT2D eigenvalue weighted by Crippen LogP contribution is -2.07. The third kappa shape index (κ3) is 1.39. The van der Waals surface area contributed by atoms with Crippen LogP contribution in [0, 0.1) is 0 Å². The van der Waals surface area contributed by atoms with E-state index in [0.717, 1.165) is 12.0 Å². The molecular formula is C9H13N3O2. The van der Waals surface area contributed by atoms with Crippen molar-refractivity contribution in [1.82, 2.24) is 9.78 Å². The Morgan fingerprint density at radius 2 is 2.43 bits per heavy atom. The molecule has 76 valence electrons. The van der Waals surface area contributed by atoms with Gasteiger partial charge in [0.2, 0.25) is 0 Å². The molecule has 1 heterocycles. The number of esters is 1. The van der Waals surface area contributed by atoms with Crippen molar-refractivity contribution in [3.8, 4) is 0 Å². The molecular weight excluding hydrogens is 182 g/mol. The maximum Gasteiger partial charge on any atom is 0.358 e. The minimum absolute atomic E-state index is 0.169. The smallest absolute Gasteiger partial charge is 0.358 e. The zero-order valence-electron chi connectivity index (χ0n) is 8.23. The van der Waals surface area contributed by atoms with Gasteiger partial charge in [0, 0.05) is 30.8 Å². The number of nitrogens with two attached hydrogens (primary N) is 1. The number of methoxy groups -OCH3 is 1. The topological polar surface area (TPSA) is 70.1 Å². The van der Waals surface area contributed by atoms with Crippen molar-refractivity contribution in [2.75, 3.05) is 7.11 Å². The van der Waals surface area contributed by atoms with Crippen molar-refractivity contribution >= 4 is 5.97 Å². The van der Waals surface area contributed by atoms with Crippen LogP contribution < -0.4 is 5.73 Å². The van der Waals surface area contributed by atoms with E-state index >= 15 is 0 Å². The van der Waals surface area contributed by atoms with Gasteiger partial charge in [-0.25, -0.2) is 4.79 Å². The van der Waals surface area contributed by atoms with Crippen LogP contribution in [0.3, 0.4) is 0 Å². The van der Waals surface area contributed by atoms with Gasteiger partial charge in [0.15, 0.2) is 5.69 Å². The SMILES string of the molecule is COC(=O)c1nn(C)cc1C1CC1N. The van der Waals surface area contributed by atoms with Crippen molar-refractivity contribution < 1.29 is 9.53 Å². The molecule has 2 N–H and O–H groups in total. The molecule has 1 aliphatic rings. The number of carbonyl (C=O) groups excluding carboxylic acids is 1. The Hall–Kier alpha value is -1.36. The second-order valence-corrected chi connectivity index (χ2v) is 3.60. The van der Waals surface area contributed by atoms with Gasteiger partial charge in [-0.05, 0) is 6.42 Å². The number of rotatable bonds is 2. The second kappa shape index (κ2) is 3.09. The lowest BCUT2D eigenvalue weighted by atomic mass is 10.1. The number of nitrogens with zero attached hydrogens (tertiary/aromatic N) is 2. The minimum atomic E-state index is -0.389. The summed E-state index contributed by atoms with van der Waals surface area (Å²) in [5.41, 5.74) is 7.03. The first-order chi connectivity index (χ1) is 6.63. The quantitative estimate of drug-likeness (QED) is 0.675. The Bertz CT molecular complexity index is 372. The highest BCUT2D eigenvalue weighted by Gasteiger charge is 2.39. The van der Waals surface area contributed by atoms with E-state index in [1.165, 1.54) is 7.11 Å². The van der Waals surface area contributed by atoms with Crippen LogP contribution in [0.1, 0.15) is 28.4 Å². The third-order valence-corrected chi connectivity index (χ3v) is 2.48. The lowest BCUT2D eigenvalue weighted by molar-refractivity contribution is 0.0592. The molecule has 0 saturated heterocycles. The third-order valence-electron chi connectivity index (χ3n) is 2.48. The van der Waals surface area contributed by atoms with Gasteiger partial charge < -0.3 is 10.5 Å². The van der Waals surface area contributed by atoms with Gasteiger partial charge in [0.05, 0.1) is 7.11 Å². The van der Waals surface area contributed by atoms with E-state index in [1.807, 2.05) is 6.20 Å². The van der Waals surface area contributed by atoms with Crippen LogP contribution in [0.15, 0.2) is 6.20 Å². The first-order valence-corrected chi connectivity index (χ1v) is 4.51. The van der Waals surface area contributed by atoms with Gasteiger partial charge in [-0.2, -0.15) is 5.10 Å². The predicted molar refractivity (Wildman–Crippen MR) is 49.9 cm³/mol. The fourth-order valence-corrected chi connectivity index (χ4v) is 1.61. The van der Waals surface area contributed by atoms with E-state index in [0.29, 0.717) is 5.69 Å². The van der Waals surface area contributed by atoms with Crippen LogP contribution in [-0.4, -0.2) is 28.9 Å². The monoisotopic (exact) mass is 195 g/mol. The van der Waals surface area contributed by atoms with Crippen LogP contribution in [0.4, 0.5) is 0 Å². The number of hydrogen-bond acceptors (Lipinski definition) is 4. The maximum absolute atomic E-state index is 11.3. The molecule has 2 unspecified atom stereocenters. The van der Waals surface area contributed by atoms with E-state index in [-0.39, 0.29) is 17.9 Å². The molecule has 0 bridgehead atoms. The Labute approximate surface area is 81.8 Å². The molecule has 1 aromatic rings. The maximum atomic E-state index is 11.3. The zero-order valence-corrected chi connectivity index (χ0v) is 8.23. The van der Waals surface area contributed by atoms with E-state index in [9.17, 15) is 4.79 Å². The number of hydrogen-bond donors (Lipinski definition) is 1. The Kier molecular flexibility index (Phi) is 2.03. The highest BCUT2D eigenvalue weighted by molar-refractivity contribution is 5.89. The molecule has 5 heteroatoms. The normalized spacial score (nSPS) is 24.8. The van der Waals surface area contributed by atoms with Gasteiger partial charge in [-0.15, -0.1) is 0 Å². The molecule has 1 fully saturated rings. The van der Waals surface area contributed by atoms with E-state index in [2.05, 4.69) is 9.84 Å². The predicted octanol–water partition coefficient (Wildman–Crippen LogP) is 0.0213. The molecule has 14 heavy (non-hydrogen) atoms. The van der Waals surface area contributed by atoms with E-state index < -0.39 is 0 Å². The molecule has 2 rings (SSSR count). The van der Waals surface area contributed by atoms with Crippen LogP contribution in [0.25, 0.3) is 0 Å². The Morgan fingerprint density at radius 3 is 2.93 bits per heavy atom. The van der Waals surface area contributed by atoms with Crippen LogP contribution in [0.2, 0.25) is 0 Å². The molecule has 0 aromatic carbocycles. The summed E-state index contributed by atoms with van der Waals surface area (Å²) in [7, 11) is 3.14. The lowest BCUT2D eigenvalue weighted by Gasteiger charge is -1.97. The molecule has 0 amide bonds. The first-order valence-electron chi connectivity index (χ1n) is 4.51. The largest absolute Gasteiger partial charge is 0.464 e. The summed E-state index contributed by atoms with van der Waals surface area (Å²) in [6.45, 7) is 0. The van der Waals surface area contributed by atoms with Crippen molar-refractivity contribution in [1.29, 1.82) is 0 Å². The molecule has 1 aliphatic carbocycles. The zero-order chi connectivity index (χ0) is 10.3. The molecule has 0 radical (unpaired) electrons. The molecule has 1 saturated carbocycles. The molecule has 0 aliphatic heterocycles. The summed E-state index contributed by atoms with van der Waals surface area (Å²) >= 11 is 0. The average Bonchev–Trinajstić information content (AvgIpc) is 2.74. The summed E-state index contributed by atoms with van der Waals surface area (Å²) in [5.74, 6) is -0.113. The summed E-state index contributed by atoms with van der Waals surface area (Å²) < 4.78 is 6.27. The summed E-state index contributed by atoms with van der Waals surface area (Å²) in [4.78, 5) is 11.3. The number of carbonyl (C=O) groups is 1. The van der Waals surface area contributed by atoms with Crippen molar-refractivity contribution in [3.05, 3.63) is 17.5 Å². The molecule has 2 atom stereocenters. The van der Waals surface area contributed by atoms with Gasteiger partial charge in [0.1, 0.15) is 0 Å². The highest BCUT2D eigenvalue weighted by atomic mass is 16.5. The summed E-state index contributed by atoms with van der Waals surface area (Å²) in [5, 5.41) is 4.06. The Morgan fingerprint density at radius 1 is 1.79 bits per heavy atom. The molecule has 5 nitrogen and oxygen atoms in total.